The maximum Gasteiger partial charge on any atom is 0.272 e. The summed E-state index contributed by atoms with van der Waals surface area (Å²) in [5.41, 5.74) is 0.599. The molecule has 9 nitrogen and oxygen atoms in total. The smallest absolute Gasteiger partial charge is 0.272 e. The van der Waals surface area contributed by atoms with E-state index in [1.54, 1.807) is 17.9 Å². The van der Waals surface area contributed by atoms with Crippen molar-refractivity contribution in [1.82, 2.24) is 20.6 Å². The SMILES string of the molecule is COCCNC(=O)c1[nH]cnc1C(=O)NC1CCC2(CC1)CCN(c1cc(C)c(F)cc1Cl)C2=O. The van der Waals surface area contributed by atoms with Crippen LogP contribution in [-0.2, 0) is 9.53 Å². The number of carbonyl (C=O) groups is 3. The lowest BCUT2D eigenvalue weighted by atomic mass is 9.71. The molecule has 2 aromatic rings. The fourth-order valence-electron chi connectivity index (χ4n) is 4.93. The number of nitrogens with one attached hydrogen (secondary N) is 3. The summed E-state index contributed by atoms with van der Waals surface area (Å²) in [6.07, 6.45) is 4.49. The molecule has 11 heteroatoms. The molecule has 1 spiro atoms. The van der Waals surface area contributed by atoms with Crippen molar-refractivity contribution in [2.45, 2.75) is 45.1 Å². The van der Waals surface area contributed by atoms with Crippen molar-refractivity contribution in [3.8, 4) is 0 Å². The number of hydrogen-bond acceptors (Lipinski definition) is 5. The summed E-state index contributed by atoms with van der Waals surface area (Å²) >= 11 is 6.25. The summed E-state index contributed by atoms with van der Waals surface area (Å²) in [4.78, 5) is 46.9. The van der Waals surface area contributed by atoms with E-state index in [9.17, 15) is 18.8 Å². The first-order valence-electron chi connectivity index (χ1n) is 11.6. The Kier molecular flexibility index (Phi) is 7.42. The summed E-state index contributed by atoms with van der Waals surface area (Å²) in [7, 11) is 1.53. The van der Waals surface area contributed by atoms with Gasteiger partial charge in [0, 0.05) is 26.2 Å². The molecule has 1 aromatic carbocycles. The molecule has 188 valence electrons. The van der Waals surface area contributed by atoms with Crippen molar-refractivity contribution < 1.29 is 23.5 Å². The Balaban J connectivity index is 1.36. The average Bonchev–Trinajstić information content (AvgIpc) is 3.44. The summed E-state index contributed by atoms with van der Waals surface area (Å²) in [5.74, 6) is -1.27. The van der Waals surface area contributed by atoms with E-state index >= 15 is 0 Å². The number of aromatic amines is 1. The lowest BCUT2D eigenvalue weighted by molar-refractivity contribution is -0.127. The van der Waals surface area contributed by atoms with Crippen LogP contribution in [0.2, 0.25) is 5.02 Å². The molecule has 0 radical (unpaired) electrons. The largest absolute Gasteiger partial charge is 0.383 e. The molecular weight excluding hydrogens is 477 g/mol. The van der Waals surface area contributed by atoms with Gasteiger partial charge < -0.3 is 25.3 Å². The molecule has 1 saturated carbocycles. The van der Waals surface area contributed by atoms with Crippen LogP contribution in [0.3, 0.4) is 0 Å². The van der Waals surface area contributed by atoms with E-state index in [2.05, 4.69) is 20.6 Å². The van der Waals surface area contributed by atoms with Gasteiger partial charge >= 0.3 is 0 Å². The Hall–Kier alpha value is -2.98. The van der Waals surface area contributed by atoms with Crippen LogP contribution in [0.5, 0.6) is 0 Å². The third kappa shape index (κ3) is 5.04. The first-order valence-corrected chi connectivity index (χ1v) is 12.0. The minimum absolute atomic E-state index is 0.00231. The molecule has 3 N–H and O–H groups in total. The Morgan fingerprint density at radius 1 is 1.29 bits per heavy atom. The first-order chi connectivity index (χ1) is 16.8. The Labute approximate surface area is 207 Å². The van der Waals surface area contributed by atoms with Crippen LogP contribution in [0.25, 0.3) is 0 Å². The Bertz CT molecular complexity index is 1130. The van der Waals surface area contributed by atoms with Gasteiger partial charge in [-0.25, -0.2) is 9.37 Å². The van der Waals surface area contributed by atoms with Crippen molar-refractivity contribution in [3.63, 3.8) is 0 Å². The number of amides is 3. The van der Waals surface area contributed by atoms with Gasteiger partial charge in [0.05, 0.1) is 29.1 Å². The minimum atomic E-state index is -0.508. The zero-order valence-electron chi connectivity index (χ0n) is 19.7. The number of imidazole rings is 1. The van der Waals surface area contributed by atoms with Crippen LogP contribution in [0.1, 0.15) is 58.6 Å². The zero-order chi connectivity index (χ0) is 25.2. The molecule has 2 heterocycles. The topological polar surface area (TPSA) is 116 Å². The molecule has 35 heavy (non-hydrogen) atoms. The molecule has 4 rings (SSSR count). The number of halogens is 2. The molecule has 0 atom stereocenters. The molecular formula is C24H29ClFN5O4. The van der Waals surface area contributed by atoms with Gasteiger partial charge in [0.2, 0.25) is 5.91 Å². The predicted molar refractivity (Wildman–Crippen MR) is 128 cm³/mol. The number of anilines is 1. The second kappa shape index (κ2) is 10.3. The average molecular weight is 506 g/mol. The molecule has 0 unspecified atom stereocenters. The van der Waals surface area contributed by atoms with Gasteiger partial charge in [-0.1, -0.05) is 11.6 Å². The fraction of sp³-hybridized carbons (Fsp3) is 0.500. The summed E-state index contributed by atoms with van der Waals surface area (Å²) in [6, 6.07) is 2.73. The number of hydrogen-bond donors (Lipinski definition) is 3. The second-order valence-electron chi connectivity index (χ2n) is 9.16. The lowest BCUT2D eigenvalue weighted by Gasteiger charge is -2.36. The number of benzene rings is 1. The van der Waals surface area contributed by atoms with Crippen LogP contribution in [-0.4, -0.2) is 60.5 Å². The molecule has 1 saturated heterocycles. The quantitative estimate of drug-likeness (QED) is 0.500. The summed E-state index contributed by atoms with van der Waals surface area (Å²) in [6.45, 7) is 2.84. The molecule has 1 aliphatic heterocycles. The molecule has 1 aromatic heterocycles. The molecule has 0 bridgehead atoms. The number of methoxy groups -OCH3 is 1. The number of nitrogens with zero attached hydrogens (tertiary/aromatic N) is 2. The third-order valence-corrected chi connectivity index (χ3v) is 7.29. The van der Waals surface area contributed by atoms with Crippen molar-refractivity contribution in [2.24, 2.45) is 5.41 Å². The van der Waals surface area contributed by atoms with Gasteiger partial charge in [0.15, 0.2) is 5.69 Å². The number of carbonyl (C=O) groups excluding carboxylic acids is 3. The lowest BCUT2D eigenvalue weighted by Crippen LogP contribution is -2.44. The van der Waals surface area contributed by atoms with Crippen LogP contribution >= 0.6 is 11.6 Å². The van der Waals surface area contributed by atoms with Crippen LogP contribution in [0.4, 0.5) is 10.1 Å². The number of H-pyrrole nitrogens is 1. The van der Waals surface area contributed by atoms with E-state index in [1.165, 1.54) is 19.5 Å². The van der Waals surface area contributed by atoms with E-state index in [0.717, 1.165) is 0 Å². The van der Waals surface area contributed by atoms with Crippen molar-refractivity contribution in [1.29, 1.82) is 0 Å². The van der Waals surface area contributed by atoms with Gasteiger partial charge in [0.25, 0.3) is 11.8 Å². The van der Waals surface area contributed by atoms with E-state index in [0.29, 0.717) is 63.1 Å². The van der Waals surface area contributed by atoms with Gasteiger partial charge in [-0.15, -0.1) is 0 Å². The van der Waals surface area contributed by atoms with Crippen molar-refractivity contribution in [3.05, 3.63) is 46.3 Å². The van der Waals surface area contributed by atoms with Gasteiger partial charge in [-0.05, 0) is 56.7 Å². The number of rotatable bonds is 7. The first kappa shape index (κ1) is 25.1. The summed E-state index contributed by atoms with van der Waals surface area (Å²) < 4.78 is 18.7. The highest BCUT2D eigenvalue weighted by molar-refractivity contribution is 6.34. The van der Waals surface area contributed by atoms with Crippen molar-refractivity contribution >= 4 is 35.0 Å². The zero-order valence-corrected chi connectivity index (χ0v) is 20.5. The third-order valence-electron chi connectivity index (χ3n) is 6.98. The predicted octanol–water partition coefficient (Wildman–Crippen LogP) is 2.98. The minimum Gasteiger partial charge on any atom is -0.383 e. The molecule has 2 fully saturated rings. The highest BCUT2D eigenvalue weighted by Gasteiger charge is 2.49. The molecule has 2 aliphatic rings. The highest BCUT2D eigenvalue weighted by atomic mass is 35.5. The number of aryl methyl sites for hydroxylation is 1. The fourth-order valence-corrected chi connectivity index (χ4v) is 5.18. The Morgan fingerprint density at radius 3 is 2.74 bits per heavy atom. The number of aromatic nitrogens is 2. The van der Waals surface area contributed by atoms with E-state index in [-0.39, 0.29) is 28.4 Å². The summed E-state index contributed by atoms with van der Waals surface area (Å²) in [5, 5.41) is 5.84. The van der Waals surface area contributed by atoms with E-state index in [4.69, 9.17) is 16.3 Å². The normalized spacial score (nSPS) is 22.0. The highest BCUT2D eigenvalue weighted by Crippen LogP contribution is 2.47. The van der Waals surface area contributed by atoms with Gasteiger partial charge in [-0.3, -0.25) is 14.4 Å². The second-order valence-corrected chi connectivity index (χ2v) is 9.57. The maximum atomic E-state index is 13.8. The van der Waals surface area contributed by atoms with Crippen molar-refractivity contribution in [2.75, 3.05) is 31.7 Å². The van der Waals surface area contributed by atoms with Crippen LogP contribution in [0.15, 0.2) is 18.5 Å². The molecule has 1 aliphatic carbocycles. The monoisotopic (exact) mass is 505 g/mol. The van der Waals surface area contributed by atoms with Gasteiger partial charge in [-0.2, -0.15) is 0 Å². The Morgan fingerprint density at radius 2 is 2.03 bits per heavy atom. The van der Waals surface area contributed by atoms with E-state index in [1.807, 2.05) is 0 Å². The maximum absolute atomic E-state index is 13.8. The number of ether oxygens (including phenoxy) is 1. The van der Waals surface area contributed by atoms with E-state index < -0.39 is 23.0 Å². The van der Waals surface area contributed by atoms with Gasteiger partial charge in [0.1, 0.15) is 11.5 Å². The standard InChI is InChI=1S/C24H29ClFN5O4/c1-14-11-18(16(25)12-17(14)26)31-9-7-24(23(31)34)5-3-15(4-6-24)30-22(33)20-19(28-13-29-20)21(32)27-8-10-35-2/h11-13,15H,3-10H2,1-2H3,(H,27,32)(H,28,29)(H,30,33). The molecule has 3 amide bonds. The van der Waals surface area contributed by atoms with Crippen LogP contribution in [0, 0.1) is 18.2 Å². The van der Waals surface area contributed by atoms with Crippen LogP contribution < -0.4 is 15.5 Å².